The van der Waals surface area contributed by atoms with E-state index in [0.717, 1.165) is 44.5 Å². The van der Waals surface area contributed by atoms with E-state index in [9.17, 15) is 5.11 Å². The minimum absolute atomic E-state index is 0.473. The Bertz CT molecular complexity index is 201. The van der Waals surface area contributed by atoms with Gasteiger partial charge in [-0.25, -0.2) is 0 Å². The molecule has 1 aliphatic heterocycles. The van der Waals surface area contributed by atoms with Gasteiger partial charge in [-0.05, 0) is 38.3 Å². The smallest absolute Gasteiger partial charge is 0.0632 e. The van der Waals surface area contributed by atoms with Crippen LogP contribution in [0.15, 0.2) is 12.2 Å². The van der Waals surface area contributed by atoms with Gasteiger partial charge in [0, 0.05) is 19.6 Å². The van der Waals surface area contributed by atoms with E-state index in [1.807, 2.05) is 6.92 Å². The van der Waals surface area contributed by atoms with Crippen molar-refractivity contribution >= 4 is 0 Å². The highest BCUT2D eigenvalue weighted by Crippen LogP contribution is 2.21. The van der Waals surface area contributed by atoms with Crippen LogP contribution in [-0.2, 0) is 0 Å². The fourth-order valence-electron chi connectivity index (χ4n) is 1.86. The van der Waals surface area contributed by atoms with Gasteiger partial charge in [-0.1, -0.05) is 6.58 Å². The van der Waals surface area contributed by atoms with Gasteiger partial charge in [0.2, 0.25) is 0 Å². The molecule has 1 aliphatic rings. The van der Waals surface area contributed by atoms with Gasteiger partial charge in [-0.3, -0.25) is 4.90 Å². The maximum Gasteiger partial charge on any atom is 0.0632 e. The third-order valence-electron chi connectivity index (χ3n) is 2.89. The number of hydrogen-bond acceptors (Lipinski definition) is 3. The molecule has 0 saturated carbocycles. The van der Waals surface area contributed by atoms with Crippen molar-refractivity contribution in [2.45, 2.75) is 31.8 Å². The second-order valence-corrected chi connectivity index (χ2v) is 4.58. The molecule has 1 saturated heterocycles. The monoisotopic (exact) mass is 198 g/mol. The summed E-state index contributed by atoms with van der Waals surface area (Å²) >= 11 is 0. The highest BCUT2D eigenvalue weighted by atomic mass is 16.3. The lowest BCUT2D eigenvalue weighted by atomic mass is 9.98. The normalized spacial score (nSPS) is 29.9. The number of nitrogens with zero attached hydrogens (tertiary/aromatic N) is 1. The predicted molar refractivity (Wildman–Crippen MR) is 59.1 cm³/mol. The molecule has 1 unspecified atom stereocenters. The second-order valence-electron chi connectivity index (χ2n) is 4.58. The molecule has 0 aromatic rings. The molecule has 3 nitrogen and oxygen atoms in total. The van der Waals surface area contributed by atoms with Crippen LogP contribution in [0.4, 0.5) is 0 Å². The van der Waals surface area contributed by atoms with Crippen molar-refractivity contribution in [2.24, 2.45) is 5.73 Å². The van der Waals surface area contributed by atoms with Crippen molar-refractivity contribution in [3.05, 3.63) is 12.2 Å². The molecule has 3 N–H and O–H groups in total. The summed E-state index contributed by atoms with van der Waals surface area (Å²) in [6.45, 7) is 9.28. The molecule has 0 spiro atoms. The van der Waals surface area contributed by atoms with Crippen LogP contribution in [0, 0.1) is 0 Å². The Morgan fingerprint density at radius 2 is 2.21 bits per heavy atom. The Labute approximate surface area is 86.6 Å². The standard InChI is InChI=1S/C11H22N2O/c1-10(8-12)9-13-6-3-4-11(2,14)5-7-13/h14H,1,3-9,12H2,2H3. The molecule has 1 atom stereocenters. The zero-order valence-corrected chi connectivity index (χ0v) is 9.13. The summed E-state index contributed by atoms with van der Waals surface area (Å²) in [5.74, 6) is 0. The van der Waals surface area contributed by atoms with Crippen LogP contribution in [-0.4, -0.2) is 41.8 Å². The Balaban J connectivity index is 2.38. The number of nitrogens with two attached hydrogens (primary N) is 1. The zero-order chi connectivity index (χ0) is 10.6. The highest BCUT2D eigenvalue weighted by molar-refractivity contribution is 4.99. The fourth-order valence-corrected chi connectivity index (χ4v) is 1.86. The molecule has 0 aliphatic carbocycles. The minimum Gasteiger partial charge on any atom is -0.390 e. The van der Waals surface area contributed by atoms with Gasteiger partial charge in [-0.2, -0.15) is 0 Å². The third-order valence-corrected chi connectivity index (χ3v) is 2.89. The first-order chi connectivity index (χ1) is 6.53. The SMILES string of the molecule is C=C(CN)CN1CCCC(C)(O)CC1. The van der Waals surface area contributed by atoms with E-state index in [4.69, 9.17) is 5.73 Å². The van der Waals surface area contributed by atoms with Gasteiger partial charge in [0.05, 0.1) is 5.60 Å². The summed E-state index contributed by atoms with van der Waals surface area (Å²) in [7, 11) is 0. The van der Waals surface area contributed by atoms with Crippen LogP contribution in [0.5, 0.6) is 0 Å². The van der Waals surface area contributed by atoms with Crippen molar-refractivity contribution in [1.29, 1.82) is 0 Å². The molecule has 0 aromatic heterocycles. The zero-order valence-electron chi connectivity index (χ0n) is 9.13. The minimum atomic E-state index is -0.473. The van der Waals surface area contributed by atoms with Crippen LogP contribution >= 0.6 is 0 Å². The highest BCUT2D eigenvalue weighted by Gasteiger charge is 2.24. The third kappa shape index (κ3) is 3.78. The Morgan fingerprint density at radius 3 is 2.86 bits per heavy atom. The molecular weight excluding hydrogens is 176 g/mol. The first kappa shape index (κ1) is 11.7. The number of hydrogen-bond donors (Lipinski definition) is 2. The van der Waals surface area contributed by atoms with Gasteiger partial charge in [0.15, 0.2) is 0 Å². The molecule has 14 heavy (non-hydrogen) atoms. The average Bonchev–Trinajstić information content (AvgIpc) is 2.28. The van der Waals surface area contributed by atoms with E-state index < -0.39 is 5.60 Å². The van der Waals surface area contributed by atoms with Crippen molar-refractivity contribution in [1.82, 2.24) is 4.90 Å². The summed E-state index contributed by atoms with van der Waals surface area (Å²) in [5, 5.41) is 9.89. The fraction of sp³-hybridized carbons (Fsp3) is 0.818. The van der Waals surface area contributed by atoms with Gasteiger partial charge in [-0.15, -0.1) is 0 Å². The number of rotatable bonds is 3. The molecule has 0 radical (unpaired) electrons. The first-order valence-corrected chi connectivity index (χ1v) is 5.35. The van der Waals surface area contributed by atoms with E-state index in [-0.39, 0.29) is 0 Å². The van der Waals surface area contributed by atoms with Crippen molar-refractivity contribution in [3.63, 3.8) is 0 Å². The summed E-state index contributed by atoms with van der Waals surface area (Å²) in [5.41, 5.74) is 6.11. The molecular formula is C11H22N2O. The molecule has 1 rings (SSSR count). The molecule has 82 valence electrons. The maximum absolute atomic E-state index is 9.89. The number of aliphatic hydroxyl groups is 1. The summed E-state index contributed by atoms with van der Waals surface area (Å²) < 4.78 is 0. The van der Waals surface area contributed by atoms with Crippen LogP contribution in [0.25, 0.3) is 0 Å². The topological polar surface area (TPSA) is 49.5 Å². The van der Waals surface area contributed by atoms with E-state index >= 15 is 0 Å². The molecule has 1 heterocycles. The number of likely N-dealkylation sites (tertiary alicyclic amines) is 1. The molecule has 0 amide bonds. The molecule has 1 fully saturated rings. The molecule has 3 heteroatoms. The van der Waals surface area contributed by atoms with Gasteiger partial charge in [0.1, 0.15) is 0 Å². The largest absolute Gasteiger partial charge is 0.390 e. The van der Waals surface area contributed by atoms with E-state index in [1.54, 1.807) is 0 Å². The van der Waals surface area contributed by atoms with E-state index in [1.165, 1.54) is 0 Å². The average molecular weight is 198 g/mol. The lowest BCUT2D eigenvalue weighted by Gasteiger charge is -2.22. The lowest BCUT2D eigenvalue weighted by molar-refractivity contribution is 0.0449. The van der Waals surface area contributed by atoms with Crippen LogP contribution in [0.2, 0.25) is 0 Å². The Morgan fingerprint density at radius 1 is 1.50 bits per heavy atom. The second kappa shape index (κ2) is 4.91. The summed E-state index contributed by atoms with van der Waals surface area (Å²) in [6.07, 6.45) is 2.81. The van der Waals surface area contributed by atoms with Crippen LogP contribution in [0.3, 0.4) is 0 Å². The quantitative estimate of drug-likeness (QED) is 0.658. The molecule has 0 bridgehead atoms. The van der Waals surface area contributed by atoms with Crippen molar-refractivity contribution < 1.29 is 5.11 Å². The van der Waals surface area contributed by atoms with Crippen LogP contribution in [0.1, 0.15) is 26.2 Å². The van der Waals surface area contributed by atoms with Gasteiger partial charge in [0.25, 0.3) is 0 Å². The van der Waals surface area contributed by atoms with Gasteiger partial charge < -0.3 is 10.8 Å². The Hall–Kier alpha value is -0.380. The van der Waals surface area contributed by atoms with Gasteiger partial charge >= 0.3 is 0 Å². The Kier molecular flexibility index (Phi) is 4.11. The van der Waals surface area contributed by atoms with E-state index in [0.29, 0.717) is 6.54 Å². The summed E-state index contributed by atoms with van der Waals surface area (Å²) in [4.78, 5) is 2.33. The first-order valence-electron chi connectivity index (χ1n) is 5.35. The summed E-state index contributed by atoms with van der Waals surface area (Å²) in [6, 6.07) is 0. The maximum atomic E-state index is 9.89. The molecule has 0 aromatic carbocycles. The van der Waals surface area contributed by atoms with Crippen molar-refractivity contribution in [2.75, 3.05) is 26.2 Å². The lowest BCUT2D eigenvalue weighted by Crippen LogP contribution is -2.30. The van der Waals surface area contributed by atoms with E-state index in [2.05, 4.69) is 11.5 Å². The van der Waals surface area contributed by atoms with Crippen molar-refractivity contribution in [3.8, 4) is 0 Å². The predicted octanol–water partition coefficient (Wildman–Crippen LogP) is 0.738. The van der Waals surface area contributed by atoms with Crippen LogP contribution < -0.4 is 5.73 Å².